The minimum absolute atomic E-state index is 0.455. The Kier molecular flexibility index (Phi) is 3.03. The molecular formula is C16H17NO. The summed E-state index contributed by atoms with van der Waals surface area (Å²) in [5, 5.41) is 0. The van der Waals surface area contributed by atoms with Crippen LogP contribution < -0.4 is 10.5 Å². The molecule has 2 N–H and O–H groups in total. The Morgan fingerprint density at radius 1 is 1.00 bits per heavy atom. The number of ether oxygens (including phenoxy) is 1. The third-order valence-corrected chi connectivity index (χ3v) is 3.18. The first kappa shape index (κ1) is 11.3. The van der Waals surface area contributed by atoms with Gasteiger partial charge in [-0.2, -0.15) is 0 Å². The summed E-state index contributed by atoms with van der Waals surface area (Å²) >= 11 is 0. The Morgan fingerprint density at radius 2 is 1.78 bits per heavy atom. The molecule has 0 aliphatic heterocycles. The highest BCUT2D eigenvalue weighted by Gasteiger charge is 2.23. The van der Waals surface area contributed by atoms with Gasteiger partial charge in [-0.1, -0.05) is 30.3 Å². The number of hydrogen-bond acceptors (Lipinski definition) is 2. The van der Waals surface area contributed by atoms with Gasteiger partial charge in [0.15, 0.2) is 0 Å². The molecule has 0 heterocycles. The molecular weight excluding hydrogens is 222 g/mol. The first-order valence-corrected chi connectivity index (χ1v) is 6.41. The van der Waals surface area contributed by atoms with Crippen LogP contribution in [0.25, 0.3) is 11.1 Å². The molecule has 0 spiro atoms. The van der Waals surface area contributed by atoms with Gasteiger partial charge in [0.1, 0.15) is 5.75 Å². The van der Waals surface area contributed by atoms with Gasteiger partial charge in [0.25, 0.3) is 0 Å². The third kappa shape index (κ3) is 2.54. The van der Waals surface area contributed by atoms with E-state index in [0.29, 0.717) is 12.6 Å². The van der Waals surface area contributed by atoms with E-state index in [9.17, 15) is 0 Å². The summed E-state index contributed by atoms with van der Waals surface area (Å²) in [6.45, 7) is 0.580. The molecule has 2 nitrogen and oxygen atoms in total. The molecule has 0 bridgehead atoms. The molecule has 0 atom stereocenters. The van der Waals surface area contributed by atoms with Crippen LogP contribution in [-0.2, 0) is 6.54 Å². The van der Waals surface area contributed by atoms with Crippen molar-refractivity contribution in [1.29, 1.82) is 0 Å². The molecule has 0 amide bonds. The van der Waals surface area contributed by atoms with E-state index in [1.807, 2.05) is 24.3 Å². The first-order valence-electron chi connectivity index (χ1n) is 6.41. The Balaban J connectivity index is 1.81. The van der Waals surface area contributed by atoms with Gasteiger partial charge >= 0.3 is 0 Å². The van der Waals surface area contributed by atoms with Gasteiger partial charge < -0.3 is 10.5 Å². The predicted molar refractivity (Wildman–Crippen MR) is 73.4 cm³/mol. The quantitative estimate of drug-likeness (QED) is 0.888. The third-order valence-electron chi connectivity index (χ3n) is 3.18. The molecule has 1 aliphatic carbocycles. The Hall–Kier alpha value is -1.80. The smallest absolute Gasteiger partial charge is 0.119 e. The summed E-state index contributed by atoms with van der Waals surface area (Å²) in [7, 11) is 0. The zero-order chi connectivity index (χ0) is 12.4. The number of nitrogens with two attached hydrogens (primary N) is 1. The highest BCUT2D eigenvalue weighted by atomic mass is 16.5. The van der Waals surface area contributed by atoms with Gasteiger partial charge in [-0.25, -0.2) is 0 Å². The van der Waals surface area contributed by atoms with Crippen LogP contribution in [0.5, 0.6) is 5.75 Å². The van der Waals surface area contributed by atoms with Crippen molar-refractivity contribution in [2.24, 2.45) is 5.73 Å². The van der Waals surface area contributed by atoms with Crippen molar-refractivity contribution in [3.8, 4) is 16.9 Å². The maximum Gasteiger partial charge on any atom is 0.119 e. The van der Waals surface area contributed by atoms with E-state index in [2.05, 4.69) is 24.3 Å². The van der Waals surface area contributed by atoms with Crippen LogP contribution in [0.2, 0.25) is 0 Å². The maximum absolute atomic E-state index is 5.74. The Bertz CT molecular complexity index is 529. The zero-order valence-electron chi connectivity index (χ0n) is 10.3. The highest BCUT2D eigenvalue weighted by Crippen LogP contribution is 2.28. The number of rotatable bonds is 4. The van der Waals surface area contributed by atoms with E-state index >= 15 is 0 Å². The normalized spacial score (nSPS) is 14.5. The lowest BCUT2D eigenvalue weighted by Gasteiger charge is -2.07. The molecule has 1 saturated carbocycles. The van der Waals surface area contributed by atoms with Crippen molar-refractivity contribution >= 4 is 0 Å². The molecule has 1 aliphatic rings. The van der Waals surface area contributed by atoms with E-state index in [4.69, 9.17) is 10.5 Å². The molecule has 0 aromatic heterocycles. The van der Waals surface area contributed by atoms with E-state index in [1.165, 1.54) is 24.0 Å². The molecule has 0 unspecified atom stereocenters. The van der Waals surface area contributed by atoms with Crippen molar-refractivity contribution in [2.45, 2.75) is 25.5 Å². The predicted octanol–water partition coefficient (Wildman–Crippen LogP) is 3.35. The lowest BCUT2D eigenvalue weighted by molar-refractivity contribution is 0.303. The van der Waals surface area contributed by atoms with Crippen LogP contribution in [0, 0.1) is 0 Å². The van der Waals surface area contributed by atoms with Crippen LogP contribution in [-0.4, -0.2) is 6.10 Å². The van der Waals surface area contributed by atoms with Crippen LogP contribution >= 0.6 is 0 Å². The van der Waals surface area contributed by atoms with Crippen molar-refractivity contribution in [2.75, 3.05) is 0 Å². The molecule has 2 aromatic carbocycles. The molecule has 2 heteroatoms. The summed E-state index contributed by atoms with van der Waals surface area (Å²) in [5.41, 5.74) is 9.23. The van der Waals surface area contributed by atoms with Gasteiger partial charge in [0, 0.05) is 6.54 Å². The van der Waals surface area contributed by atoms with Crippen LogP contribution in [0.3, 0.4) is 0 Å². The lowest BCUT2D eigenvalue weighted by Crippen LogP contribution is -1.96. The lowest BCUT2D eigenvalue weighted by atomic mass is 10.0. The summed E-state index contributed by atoms with van der Waals surface area (Å²) in [5.74, 6) is 0.969. The average molecular weight is 239 g/mol. The van der Waals surface area contributed by atoms with E-state index in [1.54, 1.807) is 0 Å². The topological polar surface area (TPSA) is 35.2 Å². The molecule has 2 aromatic rings. The van der Waals surface area contributed by atoms with Gasteiger partial charge in [-0.3, -0.25) is 0 Å². The molecule has 0 saturated heterocycles. The summed E-state index contributed by atoms with van der Waals surface area (Å²) < 4.78 is 5.74. The molecule has 1 fully saturated rings. The summed E-state index contributed by atoms with van der Waals surface area (Å²) in [6.07, 6.45) is 2.84. The Labute approximate surface area is 107 Å². The van der Waals surface area contributed by atoms with Crippen LogP contribution in [0.15, 0.2) is 48.5 Å². The summed E-state index contributed by atoms with van der Waals surface area (Å²) in [4.78, 5) is 0. The SMILES string of the molecule is NCc1cccc(-c2ccc(OC3CC3)cc2)c1. The fraction of sp³-hybridized carbons (Fsp3) is 0.250. The molecule has 3 rings (SSSR count). The summed E-state index contributed by atoms with van der Waals surface area (Å²) in [6, 6.07) is 16.6. The molecule has 92 valence electrons. The second kappa shape index (κ2) is 4.83. The zero-order valence-corrected chi connectivity index (χ0v) is 10.3. The maximum atomic E-state index is 5.74. The monoisotopic (exact) mass is 239 g/mol. The Morgan fingerprint density at radius 3 is 2.44 bits per heavy atom. The van der Waals surface area contributed by atoms with Gasteiger partial charge in [-0.05, 0) is 47.7 Å². The minimum Gasteiger partial charge on any atom is -0.490 e. The van der Waals surface area contributed by atoms with Crippen molar-refractivity contribution in [3.63, 3.8) is 0 Å². The largest absolute Gasteiger partial charge is 0.490 e. The minimum atomic E-state index is 0.455. The second-order valence-electron chi connectivity index (χ2n) is 4.75. The van der Waals surface area contributed by atoms with Crippen molar-refractivity contribution < 1.29 is 4.74 Å². The van der Waals surface area contributed by atoms with E-state index in [-0.39, 0.29) is 0 Å². The van der Waals surface area contributed by atoms with Gasteiger partial charge in [0.05, 0.1) is 6.10 Å². The molecule has 18 heavy (non-hydrogen) atoms. The van der Waals surface area contributed by atoms with Gasteiger partial charge in [0.2, 0.25) is 0 Å². The van der Waals surface area contributed by atoms with Gasteiger partial charge in [-0.15, -0.1) is 0 Å². The number of hydrogen-bond donors (Lipinski definition) is 1. The fourth-order valence-corrected chi connectivity index (χ4v) is 1.98. The van der Waals surface area contributed by atoms with Crippen LogP contribution in [0.4, 0.5) is 0 Å². The van der Waals surface area contributed by atoms with E-state index < -0.39 is 0 Å². The molecule has 0 radical (unpaired) electrons. The second-order valence-corrected chi connectivity index (χ2v) is 4.75. The van der Waals surface area contributed by atoms with E-state index in [0.717, 1.165) is 11.3 Å². The number of benzene rings is 2. The first-order chi connectivity index (χ1) is 8.85. The highest BCUT2D eigenvalue weighted by molar-refractivity contribution is 5.64. The van der Waals surface area contributed by atoms with Crippen molar-refractivity contribution in [3.05, 3.63) is 54.1 Å². The fourth-order valence-electron chi connectivity index (χ4n) is 1.98. The van der Waals surface area contributed by atoms with Crippen molar-refractivity contribution in [1.82, 2.24) is 0 Å². The standard InChI is InChI=1S/C16H17NO/c17-11-12-2-1-3-14(10-12)13-4-6-15(7-5-13)18-16-8-9-16/h1-7,10,16H,8-9,11,17H2. The van der Waals surface area contributed by atoms with Crippen LogP contribution in [0.1, 0.15) is 18.4 Å². The average Bonchev–Trinajstić information content (AvgIpc) is 3.24.